The topological polar surface area (TPSA) is 63.3 Å². The van der Waals surface area contributed by atoms with E-state index in [9.17, 15) is 9.90 Å². The number of fused-ring (bicyclic) bond motifs is 4. The van der Waals surface area contributed by atoms with Crippen LogP contribution in [0.25, 0.3) is 44.0 Å². The predicted molar refractivity (Wildman–Crippen MR) is 165 cm³/mol. The van der Waals surface area contributed by atoms with Crippen molar-refractivity contribution in [3.8, 4) is 11.3 Å². The Morgan fingerprint density at radius 3 is 2.46 bits per heavy atom. The molecular weight excluding hydrogens is 687 g/mol. The Morgan fingerprint density at radius 1 is 1.02 bits per heavy atom. The summed E-state index contributed by atoms with van der Waals surface area (Å²) in [7, 11) is 0. The predicted octanol–water partition coefficient (Wildman–Crippen LogP) is 9.87. The van der Waals surface area contributed by atoms with Gasteiger partial charge in [-0.3, -0.25) is 4.79 Å². The van der Waals surface area contributed by atoms with Crippen molar-refractivity contribution in [2.75, 3.05) is 0 Å². The number of para-hydroxylation sites is 1. The minimum absolute atomic E-state index is 0. The zero-order chi connectivity index (χ0) is 29.3. The maximum Gasteiger partial charge on any atom is 0.161 e. The summed E-state index contributed by atoms with van der Waals surface area (Å²) < 4.78 is 15.1. The second-order valence-corrected chi connectivity index (χ2v) is 11.4. The minimum Gasteiger partial charge on any atom is -0.512 e. The van der Waals surface area contributed by atoms with Crippen LogP contribution in [-0.4, -0.2) is 15.9 Å². The van der Waals surface area contributed by atoms with Gasteiger partial charge in [-0.25, -0.2) is 0 Å². The van der Waals surface area contributed by atoms with Crippen molar-refractivity contribution in [2.45, 2.75) is 66.2 Å². The Hall–Kier alpha value is -3.27. The number of aliphatic hydroxyl groups is 1. The van der Waals surface area contributed by atoms with E-state index < -0.39 is 5.89 Å². The van der Waals surface area contributed by atoms with Crippen molar-refractivity contribution in [1.29, 1.82) is 0 Å². The zero-order valence-electron chi connectivity index (χ0n) is 25.4. The summed E-state index contributed by atoms with van der Waals surface area (Å²) in [5.41, 5.74) is 5.69. The van der Waals surface area contributed by atoms with Gasteiger partial charge in [0.05, 0.1) is 11.3 Å². The van der Waals surface area contributed by atoms with E-state index in [1.54, 1.807) is 0 Å². The van der Waals surface area contributed by atoms with Gasteiger partial charge in [0.1, 0.15) is 5.58 Å². The summed E-state index contributed by atoms with van der Waals surface area (Å²) in [6, 6.07) is 22.3. The maximum atomic E-state index is 11.0. The molecule has 5 aromatic rings. The SMILES string of the molecule is CC(C)C(=O)/C=C(\O)C(C)C.[2H]C1(c2ccc3c(-c4[c-]c(C)cc5c4oc4ccccc45)nccc3c2)CCCC1.[Ir]. The number of hydrogen-bond acceptors (Lipinski definition) is 4. The first-order valence-electron chi connectivity index (χ1n) is 14.8. The van der Waals surface area contributed by atoms with Gasteiger partial charge in [-0.05, 0) is 52.9 Å². The summed E-state index contributed by atoms with van der Waals surface area (Å²) in [4.78, 5) is 15.8. The first kappa shape index (κ1) is 29.2. The molecule has 0 aliphatic heterocycles. The monoisotopic (exact) mass is 726 g/mol. The van der Waals surface area contributed by atoms with Crippen molar-refractivity contribution < 1.29 is 35.8 Å². The van der Waals surface area contributed by atoms with Crippen molar-refractivity contribution in [2.24, 2.45) is 11.8 Å². The van der Waals surface area contributed by atoms with Gasteiger partial charge in [0.15, 0.2) is 5.78 Å². The molecule has 4 nitrogen and oxygen atoms in total. The number of nitrogens with zero attached hydrogens (tertiary/aromatic N) is 1. The van der Waals surface area contributed by atoms with Crippen LogP contribution in [0.5, 0.6) is 0 Å². The largest absolute Gasteiger partial charge is 0.512 e. The number of carbonyl (C=O) groups excluding carboxylic acids is 1. The number of rotatable bonds is 5. The average molecular weight is 726 g/mol. The molecule has 5 heteroatoms. The van der Waals surface area contributed by atoms with E-state index in [1.807, 2.05) is 58.2 Å². The Balaban J connectivity index is 0.000000292. The third kappa shape index (κ3) is 6.63. The van der Waals surface area contributed by atoms with Crippen LogP contribution in [0, 0.1) is 24.8 Å². The molecule has 2 aromatic heterocycles. The maximum absolute atomic E-state index is 11.0. The van der Waals surface area contributed by atoms with Crippen LogP contribution >= 0.6 is 0 Å². The number of aromatic nitrogens is 1. The average Bonchev–Trinajstić information content (AvgIpc) is 3.56. The molecule has 2 heterocycles. The second kappa shape index (κ2) is 13.1. The summed E-state index contributed by atoms with van der Waals surface area (Å²) in [6.45, 7) is 9.38. The summed E-state index contributed by atoms with van der Waals surface area (Å²) in [6.07, 6.45) is 7.35. The molecular formula is C36H38IrNO3-. The van der Waals surface area contributed by atoms with Gasteiger partial charge >= 0.3 is 0 Å². The van der Waals surface area contributed by atoms with Crippen molar-refractivity contribution >= 4 is 38.5 Å². The molecule has 0 atom stereocenters. The van der Waals surface area contributed by atoms with Gasteiger partial charge in [-0.15, -0.1) is 17.7 Å². The van der Waals surface area contributed by atoms with Crippen LogP contribution in [0.4, 0.5) is 0 Å². The molecule has 0 amide bonds. The van der Waals surface area contributed by atoms with Crippen LogP contribution in [0.3, 0.4) is 0 Å². The summed E-state index contributed by atoms with van der Waals surface area (Å²) in [5, 5.41) is 13.6. The molecule has 1 radical (unpaired) electrons. The molecule has 41 heavy (non-hydrogen) atoms. The molecule has 0 unspecified atom stereocenters. The van der Waals surface area contributed by atoms with Crippen LogP contribution in [0.2, 0.25) is 0 Å². The number of ketones is 1. The van der Waals surface area contributed by atoms with Crippen LogP contribution in [0.15, 0.2) is 77.0 Å². The first-order chi connectivity index (χ1) is 19.6. The second-order valence-electron chi connectivity index (χ2n) is 11.4. The Bertz CT molecular complexity index is 1760. The van der Waals surface area contributed by atoms with Gasteiger partial charge in [-0.1, -0.05) is 94.8 Å². The number of hydrogen-bond donors (Lipinski definition) is 1. The fraction of sp³-hybridized carbons (Fsp3) is 0.333. The fourth-order valence-corrected chi connectivity index (χ4v) is 5.23. The van der Waals surface area contributed by atoms with Gasteiger partial charge in [-0.2, -0.15) is 0 Å². The van der Waals surface area contributed by atoms with Gasteiger partial charge in [0, 0.05) is 51.0 Å². The van der Waals surface area contributed by atoms with E-state index in [-0.39, 0.29) is 43.5 Å². The van der Waals surface area contributed by atoms with Crippen LogP contribution in [-0.2, 0) is 24.9 Å². The Morgan fingerprint density at radius 2 is 1.76 bits per heavy atom. The quantitative estimate of drug-likeness (QED) is 0.111. The van der Waals surface area contributed by atoms with E-state index in [1.165, 1.54) is 6.08 Å². The number of furan rings is 1. The van der Waals surface area contributed by atoms with E-state index in [0.29, 0.717) is 0 Å². The van der Waals surface area contributed by atoms with Crippen molar-refractivity contribution in [1.82, 2.24) is 4.98 Å². The number of allylic oxidation sites excluding steroid dienone is 2. The molecule has 215 valence electrons. The summed E-state index contributed by atoms with van der Waals surface area (Å²) >= 11 is 0. The standard InChI is InChI=1S/C27H22NO.C9H16O2.Ir/c1-17-14-23-22-8-4-5-9-25(22)29-27(23)24(15-17)26-21-11-10-19(18-6-2-3-7-18)16-20(21)12-13-28-26;1-6(2)8(10)5-9(11)7(3)4;/h4-5,8-14,16,18H,2-3,6-7H2,1H3;5-7,10H,1-4H3;/q-1;;/b;8-5-;/i18D;;. The molecule has 6 rings (SSSR count). The number of aliphatic hydroxyl groups excluding tert-OH is 1. The molecule has 3 aromatic carbocycles. The molecule has 1 N–H and O–H groups in total. The number of carbonyl (C=O) groups is 1. The third-order valence-electron chi connectivity index (χ3n) is 7.61. The molecule has 1 aliphatic rings. The molecule has 0 spiro atoms. The van der Waals surface area contributed by atoms with E-state index in [0.717, 1.165) is 80.8 Å². The third-order valence-corrected chi connectivity index (χ3v) is 7.61. The van der Waals surface area contributed by atoms with Gasteiger partial charge in [0.2, 0.25) is 0 Å². The Kier molecular flexibility index (Phi) is 9.37. The number of aryl methyl sites for hydroxylation is 1. The summed E-state index contributed by atoms with van der Waals surface area (Å²) in [5.74, 6) is -0.285. The van der Waals surface area contributed by atoms with Crippen LogP contribution < -0.4 is 0 Å². The molecule has 0 bridgehead atoms. The van der Waals surface area contributed by atoms with Gasteiger partial charge < -0.3 is 14.5 Å². The number of benzene rings is 3. The minimum atomic E-state index is -0.445. The van der Waals surface area contributed by atoms with Crippen molar-refractivity contribution in [3.63, 3.8) is 0 Å². The van der Waals surface area contributed by atoms with E-state index in [4.69, 9.17) is 10.8 Å². The van der Waals surface area contributed by atoms with Gasteiger partial charge in [0.25, 0.3) is 0 Å². The zero-order valence-corrected chi connectivity index (χ0v) is 26.8. The molecule has 1 saturated carbocycles. The molecule has 0 saturated heterocycles. The van der Waals surface area contributed by atoms with Crippen molar-refractivity contribution in [3.05, 3.63) is 89.8 Å². The fourth-order valence-electron chi connectivity index (χ4n) is 5.23. The molecule has 1 fully saturated rings. The van der Waals surface area contributed by atoms with Crippen LogP contribution in [0.1, 0.15) is 71.8 Å². The van der Waals surface area contributed by atoms with E-state index in [2.05, 4.69) is 43.3 Å². The normalized spacial score (nSPS) is 15.2. The smallest absolute Gasteiger partial charge is 0.161 e. The Labute approximate surface area is 257 Å². The number of pyridine rings is 1. The van der Waals surface area contributed by atoms with E-state index >= 15 is 0 Å². The molecule has 1 aliphatic carbocycles. The first-order valence-corrected chi connectivity index (χ1v) is 14.3.